The van der Waals surface area contributed by atoms with Gasteiger partial charge in [-0.15, -0.1) is 0 Å². The number of rotatable bonds is 6. The van der Waals surface area contributed by atoms with Crippen molar-refractivity contribution in [3.8, 4) is 22.9 Å². The summed E-state index contributed by atoms with van der Waals surface area (Å²) in [6, 6.07) is 16.7. The first kappa shape index (κ1) is 36.3. The van der Waals surface area contributed by atoms with Crippen molar-refractivity contribution in [2.75, 3.05) is 0 Å². The van der Waals surface area contributed by atoms with Crippen LogP contribution in [-0.2, 0) is 11.4 Å². The lowest BCUT2D eigenvalue weighted by molar-refractivity contribution is -0.805. The van der Waals surface area contributed by atoms with Crippen LogP contribution in [0, 0.1) is 55.5 Å². The predicted octanol–water partition coefficient (Wildman–Crippen LogP) is 9.62. The average Bonchev–Trinajstić information content (AvgIpc) is 3.49. The molecule has 53 heavy (non-hydrogen) atoms. The fraction of sp³-hybridized carbons (Fsp3) is 0.622. The molecular formula is C45H58N2O6. The Kier molecular flexibility index (Phi) is 8.53. The van der Waals surface area contributed by atoms with Gasteiger partial charge in [-0.3, -0.25) is 9.42 Å². The molecule has 0 aliphatic heterocycles. The first-order valence-electron chi connectivity index (χ1n) is 20.0. The Morgan fingerprint density at radius 3 is 2.45 bits per heavy atom. The molecule has 5 aliphatic carbocycles. The topological polar surface area (TPSA) is 109 Å². The molecule has 0 saturated heterocycles. The fourth-order valence-electron chi connectivity index (χ4n) is 12.8. The molecule has 0 spiro atoms. The van der Waals surface area contributed by atoms with Crippen LogP contribution in [0.2, 0.25) is 0 Å². The minimum absolute atomic E-state index is 0.00218. The Balaban J connectivity index is 1.06. The molecule has 8 atom stereocenters. The van der Waals surface area contributed by atoms with E-state index in [1.807, 2.05) is 54.6 Å². The van der Waals surface area contributed by atoms with Gasteiger partial charge in [0, 0.05) is 5.56 Å². The summed E-state index contributed by atoms with van der Waals surface area (Å²) >= 11 is 0. The van der Waals surface area contributed by atoms with E-state index in [0.29, 0.717) is 28.8 Å². The summed E-state index contributed by atoms with van der Waals surface area (Å²) in [5.41, 5.74) is 3.11. The zero-order valence-corrected chi connectivity index (χ0v) is 32.7. The summed E-state index contributed by atoms with van der Waals surface area (Å²) in [5.74, 6) is 1.55. The zero-order valence-electron chi connectivity index (χ0n) is 32.7. The van der Waals surface area contributed by atoms with E-state index in [1.165, 1.54) is 12.0 Å². The van der Waals surface area contributed by atoms with E-state index in [2.05, 4.69) is 59.7 Å². The average molecular weight is 723 g/mol. The van der Waals surface area contributed by atoms with Crippen molar-refractivity contribution in [2.45, 2.75) is 125 Å². The Labute approximate surface area is 314 Å². The number of benzene rings is 2. The van der Waals surface area contributed by atoms with Gasteiger partial charge in [-0.2, -0.15) is 0 Å². The standard InChI is InChI=1S/C45H58N2O6/c1-40(2)22-24-45(39(49)52-31-15-11-12-29(26-31)28-51-38-37(46-53-47(38)50)30-13-9-8-10-14-30)25-23-43(6)32(33(45)27-40)16-17-35-42(5)20-19-36(48)41(3,4)34(42)18-21-44(35,43)7/h8-16,26,33-36,48H,17-25,27-28H2,1-7H3/t33-,34-,35+,36-,42-,43+,44+,45-/m0/s1. The van der Waals surface area contributed by atoms with Gasteiger partial charge in [0.15, 0.2) is 0 Å². The van der Waals surface area contributed by atoms with Crippen LogP contribution in [0.25, 0.3) is 11.3 Å². The highest BCUT2D eigenvalue weighted by Crippen LogP contribution is 2.75. The van der Waals surface area contributed by atoms with E-state index in [9.17, 15) is 15.1 Å². The molecule has 8 nitrogen and oxygen atoms in total. The number of nitrogens with zero attached hydrogens (tertiary/aromatic N) is 2. The van der Waals surface area contributed by atoms with E-state index < -0.39 is 5.41 Å². The number of allylic oxidation sites excluding steroid dienone is 2. The van der Waals surface area contributed by atoms with Crippen LogP contribution in [-0.4, -0.2) is 22.3 Å². The maximum absolute atomic E-state index is 14.7. The van der Waals surface area contributed by atoms with Crippen LogP contribution in [0.5, 0.6) is 11.6 Å². The molecular weight excluding hydrogens is 665 g/mol. The van der Waals surface area contributed by atoms with E-state index >= 15 is 0 Å². The molecule has 8 rings (SSSR count). The number of hydrogen-bond donors (Lipinski definition) is 1. The number of hydrogen-bond acceptors (Lipinski definition) is 7. The minimum atomic E-state index is -0.574. The molecule has 1 N–H and O–H groups in total. The molecule has 0 amide bonds. The van der Waals surface area contributed by atoms with Crippen LogP contribution in [0.1, 0.15) is 118 Å². The lowest BCUT2D eigenvalue weighted by Crippen LogP contribution is -2.65. The molecule has 2 aromatic carbocycles. The van der Waals surface area contributed by atoms with E-state index in [4.69, 9.17) is 14.1 Å². The molecule has 0 bridgehead atoms. The van der Waals surface area contributed by atoms with Gasteiger partial charge in [0.1, 0.15) is 12.4 Å². The number of aliphatic hydroxyl groups is 1. The lowest BCUT2D eigenvalue weighted by Gasteiger charge is -2.71. The second-order valence-electron chi connectivity index (χ2n) is 19.5. The molecule has 8 heteroatoms. The van der Waals surface area contributed by atoms with Gasteiger partial charge in [0.05, 0.1) is 16.7 Å². The lowest BCUT2D eigenvalue weighted by atomic mass is 9.33. The highest BCUT2D eigenvalue weighted by molar-refractivity contribution is 5.81. The van der Waals surface area contributed by atoms with Crippen molar-refractivity contribution >= 4 is 5.97 Å². The second kappa shape index (κ2) is 12.4. The SMILES string of the molecule is CC1(C)CC[C@]2(C(=O)Oc3cccc(COc4c(-c5ccccc5)no[n+]4[O-])c3)CC[C@]3(C)C(=CC[C@@H]4[C@@]5(C)CC[C@H](O)C(C)(C)[C@@H]5CC[C@]43C)[C@@H]2C1. The maximum atomic E-state index is 14.7. The van der Waals surface area contributed by atoms with E-state index in [1.54, 1.807) is 0 Å². The highest BCUT2D eigenvalue weighted by atomic mass is 16.8. The predicted molar refractivity (Wildman–Crippen MR) is 202 cm³/mol. The first-order chi connectivity index (χ1) is 25.0. The summed E-state index contributed by atoms with van der Waals surface area (Å²) in [6.07, 6.45) is 12.3. The number of aliphatic hydroxyl groups excluding tert-OH is 1. The van der Waals surface area contributed by atoms with Gasteiger partial charge in [-0.05, 0) is 132 Å². The molecule has 0 unspecified atom stereocenters. The molecule has 3 aromatic rings. The van der Waals surface area contributed by atoms with Crippen molar-refractivity contribution in [3.63, 3.8) is 0 Å². The van der Waals surface area contributed by atoms with Crippen LogP contribution in [0.15, 0.2) is 70.9 Å². The smallest absolute Gasteiger partial charge is 0.381 e. The number of carbonyl (C=O) groups is 1. The normalized spacial score (nSPS) is 36.9. The van der Waals surface area contributed by atoms with Crippen LogP contribution in [0.4, 0.5) is 0 Å². The van der Waals surface area contributed by atoms with Gasteiger partial charge in [-0.25, -0.2) is 0 Å². The van der Waals surface area contributed by atoms with Gasteiger partial charge >= 0.3 is 11.8 Å². The van der Waals surface area contributed by atoms with E-state index in [0.717, 1.165) is 63.4 Å². The van der Waals surface area contributed by atoms with Gasteiger partial charge in [0.2, 0.25) is 0 Å². The van der Waals surface area contributed by atoms with Gasteiger partial charge in [-0.1, -0.05) is 103 Å². The first-order valence-corrected chi connectivity index (χ1v) is 20.0. The molecule has 4 fully saturated rings. The zero-order chi connectivity index (χ0) is 37.6. The minimum Gasteiger partial charge on any atom is -0.452 e. The van der Waals surface area contributed by atoms with Crippen LogP contribution < -0.4 is 14.4 Å². The molecule has 0 radical (unpaired) electrons. The third-order valence-electron chi connectivity index (χ3n) is 16.1. The van der Waals surface area contributed by atoms with Crippen molar-refractivity contribution in [2.24, 2.45) is 50.2 Å². The van der Waals surface area contributed by atoms with Crippen LogP contribution >= 0.6 is 0 Å². The van der Waals surface area contributed by atoms with Crippen molar-refractivity contribution in [1.29, 1.82) is 0 Å². The molecule has 284 valence electrons. The van der Waals surface area contributed by atoms with Crippen LogP contribution in [0.3, 0.4) is 0 Å². The Hall–Kier alpha value is -3.65. The molecule has 1 heterocycles. The molecule has 4 saturated carbocycles. The van der Waals surface area contributed by atoms with Crippen molar-refractivity contribution < 1.29 is 28.9 Å². The number of aromatic nitrogens is 2. The fourth-order valence-corrected chi connectivity index (χ4v) is 12.8. The van der Waals surface area contributed by atoms with Crippen molar-refractivity contribution in [1.82, 2.24) is 5.16 Å². The monoisotopic (exact) mass is 722 g/mol. The number of ether oxygens (including phenoxy) is 2. The summed E-state index contributed by atoms with van der Waals surface area (Å²) in [6.45, 7) is 17.1. The third kappa shape index (κ3) is 5.51. The maximum Gasteiger partial charge on any atom is 0.381 e. The molecule has 5 aliphatic rings. The van der Waals surface area contributed by atoms with E-state index in [-0.39, 0.29) is 62.5 Å². The molecule has 1 aromatic heterocycles. The van der Waals surface area contributed by atoms with Crippen molar-refractivity contribution in [3.05, 3.63) is 77.0 Å². The second-order valence-corrected chi connectivity index (χ2v) is 19.5. The summed E-state index contributed by atoms with van der Waals surface area (Å²) < 4.78 is 17.2. The Morgan fingerprint density at radius 1 is 0.925 bits per heavy atom. The Morgan fingerprint density at radius 2 is 1.68 bits per heavy atom. The third-order valence-corrected chi connectivity index (χ3v) is 16.1. The summed E-state index contributed by atoms with van der Waals surface area (Å²) in [7, 11) is 0. The largest absolute Gasteiger partial charge is 0.452 e. The Bertz CT molecular complexity index is 1920. The summed E-state index contributed by atoms with van der Waals surface area (Å²) in [4.78, 5) is 15.0. The van der Waals surface area contributed by atoms with Gasteiger partial charge in [0.25, 0.3) is 5.69 Å². The number of carbonyl (C=O) groups excluding carboxylic acids is 1. The summed E-state index contributed by atoms with van der Waals surface area (Å²) in [5, 5.41) is 27.4. The van der Waals surface area contributed by atoms with Gasteiger partial charge < -0.3 is 19.8 Å². The number of fused-ring (bicyclic) bond motifs is 7. The highest BCUT2D eigenvalue weighted by Gasteiger charge is 2.69. The quantitative estimate of drug-likeness (QED) is 0.117. The number of esters is 1.